The molecular formula is C13H20ClN. The molecule has 15 heavy (non-hydrogen) atoms. The van der Waals surface area contributed by atoms with Crippen LogP contribution >= 0.6 is 11.6 Å². The third kappa shape index (κ3) is 3.51. The van der Waals surface area contributed by atoms with Crippen molar-refractivity contribution in [3.05, 3.63) is 34.9 Å². The maximum Gasteiger partial charge on any atom is 0.0453 e. The number of hydrogen-bond acceptors (Lipinski definition) is 1. The molecule has 0 amide bonds. The van der Waals surface area contributed by atoms with Crippen LogP contribution in [0.1, 0.15) is 38.8 Å². The summed E-state index contributed by atoms with van der Waals surface area (Å²) in [4.78, 5) is 0. The molecule has 1 aromatic carbocycles. The van der Waals surface area contributed by atoms with Gasteiger partial charge in [0.25, 0.3) is 0 Å². The molecule has 1 unspecified atom stereocenters. The fourth-order valence-corrected chi connectivity index (χ4v) is 1.99. The van der Waals surface area contributed by atoms with Crippen molar-refractivity contribution in [1.82, 2.24) is 5.32 Å². The van der Waals surface area contributed by atoms with E-state index in [4.69, 9.17) is 11.6 Å². The van der Waals surface area contributed by atoms with Crippen LogP contribution in [0.4, 0.5) is 0 Å². The van der Waals surface area contributed by atoms with Crippen LogP contribution in [0, 0.1) is 5.92 Å². The van der Waals surface area contributed by atoms with E-state index in [-0.39, 0.29) is 0 Å². The van der Waals surface area contributed by atoms with E-state index in [1.165, 1.54) is 5.56 Å². The Bertz CT molecular complexity index is 296. The van der Waals surface area contributed by atoms with E-state index < -0.39 is 0 Å². The summed E-state index contributed by atoms with van der Waals surface area (Å²) < 4.78 is 0. The summed E-state index contributed by atoms with van der Waals surface area (Å²) in [5.74, 6) is 0.552. The fourth-order valence-electron chi connectivity index (χ4n) is 1.73. The summed E-state index contributed by atoms with van der Waals surface area (Å²) in [7, 11) is 0. The molecule has 0 aliphatic rings. The van der Waals surface area contributed by atoms with Gasteiger partial charge < -0.3 is 5.32 Å². The van der Waals surface area contributed by atoms with Crippen molar-refractivity contribution >= 4 is 11.6 Å². The van der Waals surface area contributed by atoms with Crippen molar-refractivity contribution in [2.75, 3.05) is 6.54 Å². The fraction of sp³-hybridized carbons (Fsp3) is 0.538. The van der Waals surface area contributed by atoms with Crippen molar-refractivity contribution in [1.29, 1.82) is 0 Å². The van der Waals surface area contributed by atoms with Crippen LogP contribution in [0.15, 0.2) is 24.3 Å². The normalized spacial score (nSPS) is 13.1. The lowest BCUT2D eigenvalue weighted by molar-refractivity contribution is 0.413. The van der Waals surface area contributed by atoms with Crippen molar-refractivity contribution in [2.45, 2.75) is 33.2 Å². The van der Waals surface area contributed by atoms with Gasteiger partial charge in [-0.15, -0.1) is 0 Å². The number of rotatable bonds is 5. The summed E-state index contributed by atoms with van der Waals surface area (Å²) >= 11 is 6.20. The zero-order chi connectivity index (χ0) is 11.3. The Labute approximate surface area is 97.8 Å². The van der Waals surface area contributed by atoms with E-state index >= 15 is 0 Å². The van der Waals surface area contributed by atoms with Crippen LogP contribution in [-0.2, 0) is 0 Å². The molecule has 0 radical (unpaired) electrons. The molecule has 84 valence electrons. The van der Waals surface area contributed by atoms with Crippen LogP contribution in [0.25, 0.3) is 0 Å². The van der Waals surface area contributed by atoms with E-state index in [2.05, 4.69) is 32.2 Å². The first-order valence-corrected chi connectivity index (χ1v) is 6.02. The highest BCUT2D eigenvalue weighted by atomic mass is 35.5. The third-order valence-electron chi connectivity index (χ3n) is 2.52. The average molecular weight is 226 g/mol. The zero-order valence-corrected chi connectivity index (χ0v) is 10.5. The van der Waals surface area contributed by atoms with Gasteiger partial charge in [-0.25, -0.2) is 0 Å². The largest absolute Gasteiger partial charge is 0.310 e. The van der Waals surface area contributed by atoms with E-state index in [0.717, 1.165) is 18.0 Å². The smallest absolute Gasteiger partial charge is 0.0453 e. The summed E-state index contributed by atoms with van der Waals surface area (Å²) in [6.07, 6.45) is 1.15. The minimum Gasteiger partial charge on any atom is -0.310 e. The van der Waals surface area contributed by atoms with Crippen molar-refractivity contribution in [3.63, 3.8) is 0 Å². The second kappa shape index (κ2) is 6.14. The van der Waals surface area contributed by atoms with Gasteiger partial charge in [0, 0.05) is 11.1 Å². The van der Waals surface area contributed by atoms with Gasteiger partial charge in [-0.3, -0.25) is 0 Å². The van der Waals surface area contributed by atoms with Gasteiger partial charge in [-0.2, -0.15) is 0 Å². The van der Waals surface area contributed by atoms with E-state index in [0.29, 0.717) is 12.0 Å². The maximum atomic E-state index is 6.20. The van der Waals surface area contributed by atoms with Gasteiger partial charge in [0.2, 0.25) is 0 Å². The summed E-state index contributed by atoms with van der Waals surface area (Å²) in [5.41, 5.74) is 1.21. The zero-order valence-electron chi connectivity index (χ0n) is 9.76. The van der Waals surface area contributed by atoms with Gasteiger partial charge in [0.1, 0.15) is 0 Å². The Morgan fingerprint density at radius 1 is 1.27 bits per heavy atom. The second-order valence-corrected chi connectivity index (χ2v) is 4.60. The van der Waals surface area contributed by atoms with E-state index in [9.17, 15) is 0 Å². The molecule has 0 aliphatic carbocycles. The van der Waals surface area contributed by atoms with Gasteiger partial charge in [-0.05, 0) is 30.5 Å². The first kappa shape index (κ1) is 12.5. The molecule has 0 aliphatic heterocycles. The predicted molar refractivity (Wildman–Crippen MR) is 67.3 cm³/mol. The lowest BCUT2D eigenvalue weighted by Crippen LogP contribution is -2.26. The first-order valence-electron chi connectivity index (χ1n) is 5.64. The minimum absolute atomic E-state index is 0.360. The highest BCUT2D eigenvalue weighted by Crippen LogP contribution is 2.27. The Hall–Kier alpha value is -0.530. The molecule has 0 spiro atoms. The standard InChI is InChI=1S/C13H20ClN/c1-4-9-15-13(10(2)3)11-7-5-6-8-12(11)14/h5-8,10,13,15H,4,9H2,1-3H3. The first-order chi connectivity index (χ1) is 7.16. The number of nitrogens with one attached hydrogen (secondary N) is 1. The van der Waals surface area contributed by atoms with E-state index in [1.54, 1.807) is 0 Å². The van der Waals surface area contributed by atoms with Crippen molar-refractivity contribution < 1.29 is 0 Å². The molecule has 0 fully saturated rings. The topological polar surface area (TPSA) is 12.0 Å². The van der Waals surface area contributed by atoms with Crippen LogP contribution < -0.4 is 5.32 Å². The van der Waals surface area contributed by atoms with Gasteiger partial charge in [0.05, 0.1) is 0 Å². The highest BCUT2D eigenvalue weighted by molar-refractivity contribution is 6.31. The number of benzene rings is 1. The average Bonchev–Trinajstić information content (AvgIpc) is 2.20. The summed E-state index contributed by atoms with van der Waals surface area (Å²) in [6, 6.07) is 8.45. The predicted octanol–water partition coefficient (Wildman–Crippen LogP) is 4.04. The lowest BCUT2D eigenvalue weighted by Gasteiger charge is -2.23. The van der Waals surface area contributed by atoms with Gasteiger partial charge in [-0.1, -0.05) is 50.6 Å². The molecule has 1 N–H and O–H groups in total. The van der Waals surface area contributed by atoms with Crippen LogP contribution in [0.2, 0.25) is 5.02 Å². The van der Waals surface area contributed by atoms with Gasteiger partial charge in [0.15, 0.2) is 0 Å². The second-order valence-electron chi connectivity index (χ2n) is 4.20. The Morgan fingerprint density at radius 2 is 1.93 bits per heavy atom. The lowest BCUT2D eigenvalue weighted by atomic mass is 9.96. The quantitative estimate of drug-likeness (QED) is 0.798. The summed E-state index contributed by atoms with van der Waals surface area (Å²) in [5, 5.41) is 4.40. The Morgan fingerprint density at radius 3 is 2.47 bits per heavy atom. The Balaban J connectivity index is 2.84. The molecule has 1 aromatic rings. The number of halogens is 1. The molecular weight excluding hydrogens is 206 g/mol. The third-order valence-corrected chi connectivity index (χ3v) is 2.87. The molecule has 2 heteroatoms. The maximum absolute atomic E-state index is 6.20. The Kier molecular flexibility index (Phi) is 5.13. The van der Waals surface area contributed by atoms with E-state index in [1.807, 2.05) is 18.2 Å². The minimum atomic E-state index is 0.360. The number of hydrogen-bond donors (Lipinski definition) is 1. The van der Waals surface area contributed by atoms with Crippen molar-refractivity contribution in [2.24, 2.45) is 5.92 Å². The van der Waals surface area contributed by atoms with Crippen LogP contribution in [-0.4, -0.2) is 6.54 Å². The molecule has 0 saturated carbocycles. The SMILES string of the molecule is CCCNC(c1ccccc1Cl)C(C)C. The van der Waals surface area contributed by atoms with Gasteiger partial charge >= 0.3 is 0 Å². The molecule has 0 bridgehead atoms. The molecule has 1 atom stereocenters. The van der Waals surface area contributed by atoms with Crippen molar-refractivity contribution in [3.8, 4) is 0 Å². The molecule has 1 rings (SSSR count). The monoisotopic (exact) mass is 225 g/mol. The van der Waals surface area contributed by atoms with Crippen LogP contribution in [0.5, 0.6) is 0 Å². The highest BCUT2D eigenvalue weighted by Gasteiger charge is 2.16. The molecule has 0 aromatic heterocycles. The summed E-state index contributed by atoms with van der Waals surface area (Å²) in [6.45, 7) is 7.65. The molecule has 0 saturated heterocycles. The molecule has 1 nitrogen and oxygen atoms in total. The molecule has 0 heterocycles. The van der Waals surface area contributed by atoms with Crippen LogP contribution in [0.3, 0.4) is 0 Å².